The Labute approximate surface area is 228 Å². The van der Waals surface area contributed by atoms with Crippen LogP contribution in [0.3, 0.4) is 0 Å². The quantitative estimate of drug-likeness (QED) is 0.211. The Morgan fingerprint density at radius 2 is 1.89 bits per heavy atom. The van der Waals surface area contributed by atoms with Crippen molar-refractivity contribution in [2.75, 3.05) is 6.79 Å². The average molecular weight is 571 g/mol. The van der Waals surface area contributed by atoms with E-state index in [1.165, 1.54) is 4.68 Å². The number of aromatic nitrogens is 3. The van der Waals surface area contributed by atoms with Gasteiger partial charge in [0.2, 0.25) is 6.79 Å². The van der Waals surface area contributed by atoms with Crippen molar-refractivity contribution < 1.29 is 9.47 Å². The molecule has 1 aliphatic heterocycles. The number of hydrogen-bond donors (Lipinski definition) is 0. The summed E-state index contributed by atoms with van der Waals surface area (Å²) in [6.45, 7) is 5.14. The van der Waals surface area contributed by atoms with E-state index < -0.39 is 0 Å². The smallest absolute Gasteiger partial charge is 0.282 e. The van der Waals surface area contributed by atoms with Gasteiger partial charge < -0.3 is 14.0 Å². The second-order valence-electron chi connectivity index (χ2n) is 9.44. The van der Waals surface area contributed by atoms with Gasteiger partial charge in [-0.1, -0.05) is 53.5 Å². The van der Waals surface area contributed by atoms with Crippen molar-refractivity contribution in [3.05, 3.63) is 98.1 Å². The van der Waals surface area contributed by atoms with Crippen molar-refractivity contribution in [3.63, 3.8) is 0 Å². The summed E-state index contributed by atoms with van der Waals surface area (Å²) in [5.74, 6) is 2.22. The number of nitrogens with zero attached hydrogens (tertiary/aromatic N) is 4. The van der Waals surface area contributed by atoms with Gasteiger partial charge in [-0.3, -0.25) is 4.79 Å². The molecule has 0 saturated heterocycles. The third-order valence-electron chi connectivity index (χ3n) is 6.99. The molecular formula is C30H27BrN4O3. The molecule has 3 heterocycles. The Bertz CT molecular complexity index is 1770. The molecular weight excluding hydrogens is 544 g/mol. The van der Waals surface area contributed by atoms with Gasteiger partial charge in [-0.15, -0.1) is 0 Å². The minimum absolute atomic E-state index is 0.166. The number of aryl methyl sites for hydroxylation is 1. The fourth-order valence-electron chi connectivity index (χ4n) is 4.97. The molecule has 0 bridgehead atoms. The molecule has 0 fully saturated rings. The lowest BCUT2D eigenvalue weighted by atomic mass is 10.1. The third-order valence-corrected chi connectivity index (χ3v) is 7.48. The first-order valence-electron chi connectivity index (χ1n) is 12.8. The number of para-hydroxylation sites is 1. The summed E-state index contributed by atoms with van der Waals surface area (Å²) >= 11 is 3.48. The second kappa shape index (κ2) is 10.1. The number of benzene rings is 3. The van der Waals surface area contributed by atoms with Crippen LogP contribution in [0.4, 0.5) is 0 Å². The zero-order valence-electron chi connectivity index (χ0n) is 21.3. The predicted molar refractivity (Wildman–Crippen MR) is 154 cm³/mol. The minimum atomic E-state index is -0.166. The topological polar surface area (TPSA) is 70.6 Å². The fraction of sp³-hybridized carbons (Fsp3) is 0.233. The molecule has 38 heavy (non-hydrogen) atoms. The highest BCUT2D eigenvalue weighted by atomic mass is 79.9. The first-order valence-corrected chi connectivity index (χ1v) is 13.5. The lowest BCUT2D eigenvalue weighted by Crippen LogP contribution is -2.22. The molecule has 0 unspecified atom stereocenters. The van der Waals surface area contributed by atoms with Crippen molar-refractivity contribution in [1.29, 1.82) is 0 Å². The molecule has 192 valence electrons. The third kappa shape index (κ3) is 4.39. The van der Waals surface area contributed by atoms with E-state index in [0.29, 0.717) is 29.7 Å². The summed E-state index contributed by atoms with van der Waals surface area (Å²) in [5, 5.41) is 6.36. The maximum absolute atomic E-state index is 13.5. The van der Waals surface area contributed by atoms with Crippen LogP contribution in [-0.2, 0) is 13.0 Å². The van der Waals surface area contributed by atoms with Crippen LogP contribution < -0.4 is 15.0 Å². The molecule has 2 aromatic heterocycles. The summed E-state index contributed by atoms with van der Waals surface area (Å²) in [5.41, 5.74) is 4.77. The monoisotopic (exact) mass is 570 g/mol. The maximum atomic E-state index is 13.5. The summed E-state index contributed by atoms with van der Waals surface area (Å²) in [4.78, 5) is 18.3. The molecule has 1 aliphatic rings. The van der Waals surface area contributed by atoms with E-state index in [1.807, 2.05) is 42.5 Å². The largest absolute Gasteiger partial charge is 0.454 e. The SMILES string of the molecule is CCCCc1nc2ccc(Br)cc2c(=O)n1N=Cc1c(C)n(Cc2ccc3c(c2)OCO3)c2ccccc12. The molecule has 0 atom stereocenters. The van der Waals surface area contributed by atoms with Crippen molar-refractivity contribution in [3.8, 4) is 11.5 Å². The molecule has 0 N–H and O–H groups in total. The standard InChI is InChI=1S/C30H27BrN4O3/c1-3-4-9-29-33-25-12-11-21(31)15-23(25)30(36)35(29)32-16-24-19(2)34(26-8-6-5-7-22(24)26)17-20-10-13-27-28(14-20)38-18-37-27/h5-8,10-16H,3-4,9,17-18H2,1-2H3. The molecule has 7 nitrogen and oxygen atoms in total. The molecule has 0 saturated carbocycles. The van der Waals surface area contributed by atoms with Gasteiger partial charge in [-0.25, -0.2) is 4.98 Å². The van der Waals surface area contributed by atoms with Gasteiger partial charge in [-0.05, 0) is 55.3 Å². The van der Waals surface area contributed by atoms with Crippen LogP contribution in [0.5, 0.6) is 11.5 Å². The van der Waals surface area contributed by atoms with E-state index in [9.17, 15) is 4.79 Å². The highest BCUT2D eigenvalue weighted by molar-refractivity contribution is 9.10. The number of halogens is 1. The number of ether oxygens (including phenoxy) is 2. The number of hydrogen-bond acceptors (Lipinski definition) is 5. The molecule has 0 aliphatic carbocycles. The van der Waals surface area contributed by atoms with Crippen LogP contribution >= 0.6 is 15.9 Å². The molecule has 0 spiro atoms. The Morgan fingerprint density at radius 1 is 1.05 bits per heavy atom. The van der Waals surface area contributed by atoms with Crippen LogP contribution in [0, 0.1) is 6.92 Å². The lowest BCUT2D eigenvalue weighted by molar-refractivity contribution is 0.174. The molecule has 0 radical (unpaired) electrons. The van der Waals surface area contributed by atoms with Gasteiger partial charge in [0.15, 0.2) is 11.5 Å². The van der Waals surface area contributed by atoms with Crippen molar-refractivity contribution in [2.45, 2.75) is 39.7 Å². The van der Waals surface area contributed by atoms with Crippen LogP contribution in [0.2, 0.25) is 0 Å². The average Bonchev–Trinajstić information content (AvgIpc) is 3.50. The van der Waals surface area contributed by atoms with Gasteiger partial charge in [0.05, 0.1) is 17.1 Å². The molecule has 0 amide bonds. The molecule has 8 heteroatoms. The maximum Gasteiger partial charge on any atom is 0.282 e. The number of fused-ring (bicyclic) bond motifs is 3. The first-order chi connectivity index (χ1) is 18.5. The lowest BCUT2D eigenvalue weighted by Gasteiger charge is -2.10. The zero-order chi connectivity index (χ0) is 26.2. The summed E-state index contributed by atoms with van der Waals surface area (Å²) in [6.07, 6.45) is 4.42. The highest BCUT2D eigenvalue weighted by Gasteiger charge is 2.17. The van der Waals surface area contributed by atoms with Gasteiger partial charge in [0.25, 0.3) is 5.56 Å². The molecule has 6 rings (SSSR count). The zero-order valence-corrected chi connectivity index (χ0v) is 22.9. The summed E-state index contributed by atoms with van der Waals surface area (Å²) in [6, 6.07) is 19.9. The van der Waals surface area contributed by atoms with E-state index in [2.05, 4.69) is 52.5 Å². The van der Waals surface area contributed by atoms with Crippen LogP contribution in [-0.4, -0.2) is 27.2 Å². The van der Waals surface area contributed by atoms with E-state index in [4.69, 9.17) is 19.6 Å². The van der Waals surface area contributed by atoms with Gasteiger partial charge in [0, 0.05) is 39.6 Å². The Hall–Kier alpha value is -3.91. The van der Waals surface area contributed by atoms with Gasteiger partial charge >= 0.3 is 0 Å². The van der Waals surface area contributed by atoms with Crippen LogP contribution in [0.15, 0.2) is 75.0 Å². The van der Waals surface area contributed by atoms with E-state index >= 15 is 0 Å². The van der Waals surface area contributed by atoms with Gasteiger partial charge in [-0.2, -0.15) is 9.78 Å². The van der Waals surface area contributed by atoms with Crippen molar-refractivity contribution in [1.82, 2.24) is 14.2 Å². The van der Waals surface area contributed by atoms with Crippen LogP contribution in [0.1, 0.15) is 42.4 Å². The minimum Gasteiger partial charge on any atom is -0.454 e. The van der Waals surface area contributed by atoms with E-state index in [1.54, 1.807) is 6.21 Å². The fourth-order valence-corrected chi connectivity index (χ4v) is 5.33. The van der Waals surface area contributed by atoms with Gasteiger partial charge in [0.1, 0.15) is 5.82 Å². The van der Waals surface area contributed by atoms with Crippen LogP contribution in [0.25, 0.3) is 21.8 Å². The Morgan fingerprint density at radius 3 is 2.76 bits per heavy atom. The normalized spacial score (nSPS) is 12.8. The predicted octanol–water partition coefficient (Wildman–Crippen LogP) is 6.42. The second-order valence-corrected chi connectivity index (χ2v) is 10.4. The van der Waals surface area contributed by atoms with Crippen molar-refractivity contribution >= 4 is 44.0 Å². The molecule has 3 aromatic carbocycles. The first kappa shape index (κ1) is 24.4. The number of unbranched alkanes of at least 4 members (excludes halogenated alkanes) is 1. The highest BCUT2D eigenvalue weighted by Crippen LogP contribution is 2.33. The van der Waals surface area contributed by atoms with E-state index in [-0.39, 0.29) is 12.4 Å². The summed E-state index contributed by atoms with van der Waals surface area (Å²) in [7, 11) is 0. The van der Waals surface area contributed by atoms with E-state index in [0.717, 1.165) is 56.5 Å². The Kier molecular flexibility index (Phi) is 6.49. The molecule has 5 aromatic rings. The van der Waals surface area contributed by atoms with Crippen molar-refractivity contribution in [2.24, 2.45) is 5.10 Å². The summed E-state index contributed by atoms with van der Waals surface area (Å²) < 4.78 is 15.6. The number of rotatable bonds is 7. The Balaban J connectivity index is 1.45.